The van der Waals surface area contributed by atoms with E-state index in [1.165, 1.54) is 49.8 Å². The number of benzene rings is 1. The molecule has 0 saturated heterocycles. The smallest absolute Gasteiger partial charge is 0.158 e. The normalized spacial score (nSPS) is 39.8. The molecule has 2 nitrogen and oxygen atoms in total. The van der Waals surface area contributed by atoms with E-state index in [2.05, 4.69) is 35.6 Å². The van der Waals surface area contributed by atoms with Gasteiger partial charge in [0.25, 0.3) is 0 Å². The van der Waals surface area contributed by atoms with Crippen LogP contribution in [0.25, 0.3) is 0 Å². The van der Waals surface area contributed by atoms with Gasteiger partial charge in [0, 0.05) is 24.2 Å². The van der Waals surface area contributed by atoms with E-state index in [1.807, 2.05) is 6.08 Å². The summed E-state index contributed by atoms with van der Waals surface area (Å²) in [5, 5.41) is 3.88. The number of carbonyl (C=O) groups is 1. The Morgan fingerprint density at radius 2 is 1.72 bits per heavy atom. The molecule has 2 heteroatoms. The van der Waals surface area contributed by atoms with Gasteiger partial charge in [-0.05, 0) is 73.7 Å². The van der Waals surface area contributed by atoms with E-state index in [4.69, 9.17) is 0 Å². The highest BCUT2D eigenvalue weighted by molar-refractivity contribution is 5.92. The minimum atomic E-state index is 0.294. The number of ketones is 1. The van der Waals surface area contributed by atoms with Gasteiger partial charge in [0.1, 0.15) is 0 Å². The van der Waals surface area contributed by atoms with Gasteiger partial charge >= 0.3 is 0 Å². The molecule has 1 aromatic rings. The number of rotatable bonds is 3. The van der Waals surface area contributed by atoms with E-state index in [-0.39, 0.29) is 0 Å². The lowest BCUT2D eigenvalue weighted by molar-refractivity contribution is -0.115. The third-order valence-corrected chi connectivity index (χ3v) is 7.45. The highest BCUT2D eigenvalue weighted by Crippen LogP contribution is 2.52. The molecule has 1 aromatic carbocycles. The second-order valence-corrected chi connectivity index (χ2v) is 9.08. The zero-order valence-electron chi connectivity index (χ0n) is 15.0. The molecule has 1 N–H and O–H groups in total. The van der Waals surface area contributed by atoms with Crippen LogP contribution < -0.4 is 5.32 Å². The van der Waals surface area contributed by atoms with Crippen molar-refractivity contribution in [3.63, 3.8) is 0 Å². The first-order valence-corrected chi connectivity index (χ1v) is 10.3. The van der Waals surface area contributed by atoms with Crippen LogP contribution in [0.15, 0.2) is 42.1 Å². The van der Waals surface area contributed by atoms with Gasteiger partial charge in [-0.15, -0.1) is 0 Å². The van der Waals surface area contributed by atoms with Crippen LogP contribution in [0.4, 0.5) is 0 Å². The first-order valence-electron chi connectivity index (χ1n) is 10.3. The summed E-state index contributed by atoms with van der Waals surface area (Å²) in [5.41, 5.74) is 2.52. The average molecular weight is 335 g/mol. The van der Waals surface area contributed by atoms with Gasteiger partial charge in [-0.25, -0.2) is 0 Å². The predicted molar refractivity (Wildman–Crippen MR) is 100 cm³/mol. The highest BCUT2D eigenvalue weighted by atomic mass is 16.1. The van der Waals surface area contributed by atoms with Gasteiger partial charge < -0.3 is 5.32 Å². The van der Waals surface area contributed by atoms with Crippen LogP contribution in [0.3, 0.4) is 0 Å². The maximum Gasteiger partial charge on any atom is 0.158 e. The van der Waals surface area contributed by atoms with Crippen LogP contribution in [0.5, 0.6) is 0 Å². The second kappa shape index (κ2) is 6.30. The van der Waals surface area contributed by atoms with Crippen molar-refractivity contribution < 1.29 is 4.79 Å². The number of hydrogen-bond donors (Lipinski definition) is 1. The van der Waals surface area contributed by atoms with Gasteiger partial charge in [0.15, 0.2) is 5.78 Å². The van der Waals surface area contributed by atoms with Crippen LogP contribution in [0, 0.1) is 23.7 Å². The molecule has 5 rings (SSSR count). The Morgan fingerprint density at radius 1 is 0.880 bits per heavy atom. The Kier molecular flexibility index (Phi) is 3.95. The Morgan fingerprint density at radius 3 is 2.60 bits per heavy atom. The zero-order valence-corrected chi connectivity index (χ0v) is 15.0. The van der Waals surface area contributed by atoms with Gasteiger partial charge in [-0.3, -0.25) is 4.79 Å². The lowest BCUT2D eigenvalue weighted by Crippen LogP contribution is -2.50. The van der Waals surface area contributed by atoms with Crippen LogP contribution in [-0.4, -0.2) is 11.8 Å². The molecule has 3 saturated carbocycles. The van der Waals surface area contributed by atoms with Crippen molar-refractivity contribution in [3.05, 3.63) is 47.7 Å². The van der Waals surface area contributed by atoms with Crippen molar-refractivity contribution in [2.45, 2.75) is 63.3 Å². The van der Waals surface area contributed by atoms with Gasteiger partial charge in [0.2, 0.25) is 0 Å². The van der Waals surface area contributed by atoms with E-state index in [1.54, 1.807) is 0 Å². The molecule has 0 spiro atoms. The monoisotopic (exact) mass is 335 g/mol. The standard InChI is InChI=1S/C23H29NO/c25-21-13-18(17-4-2-1-3-5-17)12-20(14-21)24-23-11-16-8-15-6-7-22(23)19(9-15)10-16/h1-5,14-16,18-19,22-24H,6-13H2/t15-,16?,18?,19-,22?,23?/m0/s1. The minimum absolute atomic E-state index is 0.294. The summed E-state index contributed by atoms with van der Waals surface area (Å²) < 4.78 is 0. The fourth-order valence-electron chi connectivity index (χ4n) is 6.48. The highest BCUT2D eigenvalue weighted by Gasteiger charge is 2.45. The molecule has 4 aliphatic rings. The molecule has 0 heterocycles. The van der Waals surface area contributed by atoms with Crippen molar-refractivity contribution >= 4 is 5.78 Å². The van der Waals surface area contributed by atoms with Crippen LogP contribution in [0.2, 0.25) is 0 Å². The fourth-order valence-corrected chi connectivity index (χ4v) is 6.48. The minimum Gasteiger partial charge on any atom is -0.385 e. The molecular formula is C23H29NO. The molecule has 25 heavy (non-hydrogen) atoms. The van der Waals surface area contributed by atoms with Crippen LogP contribution >= 0.6 is 0 Å². The summed E-state index contributed by atoms with van der Waals surface area (Å²) >= 11 is 0. The largest absolute Gasteiger partial charge is 0.385 e. The predicted octanol–water partition coefficient (Wildman–Crippen LogP) is 4.82. The number of fused-ring (bicyclic) bond motifs is 2. The summed E-state index contributed by atoms with van der Waals surface area (Å²) in [6.45, 7) is 0. The summed E-state index contributed by atoms with van der Waals surface area (Å²) in [6, 6.07) is 11.2. The number of hydrogen-bond acceptors (Lipinski definition) is 2. The zero-order chi connectivity index (χ0) is 16.8. The topological polar surface area (TPSA) is 29.1 Å². The first kappa shape index (κ1) is 15.7. The Balaban J connectivity index is 1.32. The third-order valence-electron chi connectivity index (χ3n) is 7.45. The summed E-state index contributed by atoms with van der Waals surface area (Å²) in [4.78, 5) is 12.3. The molecule has 3 bridgehead atoms. The molecule has 132 valence electrons. The second-order valence-electron chi connectivity index (χ2n) is 9.08. The fraction of sp³-hybridized carbons (Fsp3) is 0.609. The number of carbonyl (C=O) groups excluding carboxylic acids is 1. The van der Waals surface area contributed by atoms with Crippen molar-refractivity contribution in [2.24, 2.45) is 23.7 Å². The van der Waals surface area contributed by atoms with E-state index in [0.29, 0.717) is 24.2 Å². The Hall–Kier alpha value is -1.57. The van der Waals surface area contributed by atoms with E-state index in [9.17, 15) is 4.79 Å². The molecule has 4 unspecified atom stereocenters. The quantitative estimate of drug-likeness (QED) is 0.858. The van der Waals surface area contributed by atoms with Crippen molar-refractivity contribution in [2.75, 3.05) is 0 Å². The van der Waals surface area contributed by atoms with E-state index in [0.717, 1.165) is 30.1 Å². The molecular weight excluding hydrogens is 306 g/mol. The molecule has 0 amide bonds. The van der Waals surface area contributed by atoms with Crippen LogP contribution in [-0.2, 0) is 4.79 Å². The SMILES string of the molecule is O=C1C=C(NC2CC3C[C@@H]4CCC2[C@H](C3)C4)CC(c2ccccc2)C1. The Labute approximate surface area is 151 Å². The molecule has 3 fully saturated rings. The molecule has 6 atom stereocenters. The van der Waals surface area contributed by atoms with Crippen molar-refractivity contribution in [3.8, 4) is 0 Å². The van der Waals surface area contributed by atoms with Crippen molar-refractivity contribution in [1.29, 1.82) is 0 Å². The Bertz CT molecular complexity index is 673. The maximum atomic E-state index is 12.3. The first-order chi connectivity index (χ1) is 12.2. The maximum absolute atomic E-state index is 12.3. The van der Waals surface area contributed by atoms with Gasteiger partial charge in [-0.2, -0.15) is 0 Å². The lowest BCUT2D eigenvalue weighted by atomic mass is 9.56. The molecule has 4 aliphatic carbocycles. The molecule has 0 aliphatic heterocycles. The van der Waals surface area contributed by atoms with Gasteiger partial charge in [0.05, 0.1) is 0 Å². The summed E-state index contributed by atoms with van der Waals surface area (Å²) in [6.07, 6.45) is 12.2. The van der Waals surface area contributed by atoms with E-state index < -0.39 is 0 Å². The summed E-state index contributed by atoms with van der Waals surface area (Å²) in [7, 11) is 0. The van der Waals surface area contributed by atoms with Gasteiger partial charge in [-0.1, -0.05) is 36.8 Å². The van der Waals surface area contributed by atoms with Crippen molar-refractivity contribution in [1.82, 2.24) is 5.32 Å². The lowest BCUT2D eigenvalue weighted by Gasteiger charge is -2.52. The third kappa shape index (κ3) is 3.05. The number of allylic oxidation sites excluding steroid dienone is 2. The molecule has 0 aromatic heterocycles. The van der Waals surface area contributed by atoms with Crippen LogP contribution in [0.1, 0.15) is 62.8 Å². The molecule has 0 radical (unpaired) electrons. The van der Waals surface area contributed by atoms with E-state index >= 15 is 0 Å². The summed E-state index contributed by atoms with van der Waals surface area (Å²) in [5.74, 6) is 4.40. The average Bonchev–Trinajstić information content (AvgIpc) is 2.61. The number of nitrogens with one attached hydrogen (secondary N) is 1.